The highest BCUT2D eigenvalue weighted by molar-refractivity contribution is 7.09. The molecule has 1 aromatic carbocycles. The fourth-order valence-corrected chi connectivity index (χ4v) is 2.72. The van der Waals surface area contributed by atoms with Crippen molar-refractivity contribution in [3.63, 3.8) is 0 Å². The van der Waals surface area contributed by atoms with Crippen LogP contribution in [0.25, 0.3) is 0 Å². The lowest BCUT2D eigenvalue weighted by Gasteiger charge is -2.12. The van der Waals surface area contributed by atoms with E-state index in [2.05, 4.69) is 15.5 Å². The van der Waals surface area contributed by atoms with Gasteiger partial charge in [0.1, 0.15) is 10.8 Å². The second kappa shape index (κ2) is 6.64. The number of nitrogens with two attached hydrogens (primary N) is 1. The van der Waals surface area contributed by atoms with Gasteiger partial charge in [-0.25, -0.2) is 9.37 Å². The molecule has 1 aromatic heterocycles. The maximum Gasteiger partial charge on any atom is 0.170 e. The van der Waals surface area contributed by atoms with Crippen LogP contribution in [-0.4, -0.2) is 16.0 Å². The molecule has 2 aromatic rings. The maximum absolute atomic E-state index is 13.5. The highest BCUT2D eigenvalue weighted by atomic mass is 32.1. The average molecular weight is 308 g/mol. The second-order valence-electron chi connectivity index (χ2n) is 4.76. The van der Waals surface area contributed by atoms with Crippen LogP contribution in [0.2, 0.25) is 0 Å². The molecule has 0 saturated heterocycles. The largest absolute Gasteiger partial charge is 0.409 e. The van der Waals surface area contributed by atoms with E-state index in [-0.39, 0.29) is 11.9 Å². The van der Waals surface area contributed by atoms with E-state index in [1.807, 2.05) is 19.2 Å². The first kappa shape index (κ1) is 15.4. The quantitative estimate of drug-likeness (QED) is 0.343. The van der Waals surface area contributed by atoms with Gasteiger partial charge in [0.2, 0.25) is 0 Å². The van der Waals surface area contributed by atoms with Crippen molar-refractivity contribution >= 4 is 17.2 Å². The Labute approximate surface area is 126 Å². The number of amidine groups is 1. The number of hydrogen-bond donors (Lipinski definition) is 3. The predicted molar refractivity (Wildman–Crippen MR) is 81.0 cm³/mol. The number of aryl methyl sites for hydroxylation is 1. The van der Waals surface area contributed by atoms with E-state index < -0.39 is 5.82 Å². The van der Waals surface area contributed by atoms with Crippen molar-refractivity contribution in [2.45, 2.75) is 26.4 Å². The Morgan fingerprint density at radius 2 is 2.29 bits per heavy atom. The van der Waals surface area contributed by atoms with Crippen molar-refractivity contribution in [1.82, 2.24) is 10.3 Å². The molecule has 2 rings (SSSR count). The van der Waals surface area contributed by atoms with E-state index in [0.29, 0.717) is 12.1 Å². The number of oxime groups is 1. The Morgan fingerprint density at radius 1 is 1.52 bits per heavy atom. The van der Waals surface area contributed by atoms with Gasteiger partial charge < -0.3 is 16.3 Å². The van der Waals surface area contributed by atoms with Gasteiger partial charge in [-0.05, 0) is 37.6 Å². The molecular weight excluding hydrogens is 291 g/mol. The molecule has 0 spiro atoms. The Hall–Kier alpha value is -1.99. The number of hydrogen-bond acceptors (Lipinski definition) is 5. The van der Waals surface area contributed by atoms with E-state index >= 15 is 0 Å². The summed E-state index contributed by atoms with van der Waals surface area (Å²) in [5, 5.41) is 17.8. The minimum absolute atomic E-state index is 0.0688. The van der Waals surface area contributed by atoms with Gasteiger partial charge >= 0.3 is 0 Å². The van der Waals surface area contributed by atoms with Crippen LogP contribution in [0.4, 0.5) is 4.39 Å². The first-order valence-electron chi connectivity index (χ1n) is 6.42. The zero-order valence-corrected chi connectivity index (χ0v) is 12.6. The van der Waals surface area contributed by atoms with Crippen LogP contribution in [0.1, 0.15) is 34.8 Å². The fourth-order valence-electron chi connectivity index (χ4n) is 1.89. The SMILES string of the molecule is Cc1csc(C(C)NCc2cc(F)cc(/C(N)=N/O)c2)n1. The maximum atomic E-state index is 13.5. The molecule has 0 bridgehead atoms. The van der Waals surface area contributed by atoms with Crippen molar-refractivity contribution in [2.75, 3.05) is 0 Å². The lowest BCUT2D eigenvalue weighted by Crippen LogP contribution is -2.19. The van der Waals surface area contributed by atoms with E-state index in [1.54, 1.807) is 17.4 Å². The standard InChI is InChI=1S/C14H17FN4OS/c1-8-7-21-14(18-8)9(2)17-6-10-3-11(13(16)19-20)5-12(15)4-10/h3-5,7,9,17,20H,6H2,1-2H3,(H2,16,19). The molecule has 0 aliphatic rings. The number of thiazole rings is 1. The number of nitrogens with zero attached hydrogens (tertiary/aromatic N) is 2. The second-order valence-corrected chi connectivity index (χ2v) is 5.65. The van der Waals surface area contributed by atoms with Gasteiger partial charge in [0, 0.05) is 23.2 Å². The fraction of sp³-hybridized carbons (Fsp3) is 0.286. The predicted octanol–water partition coefficient (Wildman–Crippen LogP) is 2.54. The van der Waals surface area contributed by atoms with E-state index in [0.717, 1.165) is 16.3 Å². The highest BCUT2D eigenvalue weighted by Crippen LogP contribution is 2.18. The molecule has 0 fully saturated rings. The van der Waals surface area contributed by atoms with Gasteiger partial charge in [0.05, 0.1) is 6.04 Å². The number of rotatable bonds is 5. The third kappa shape index (κ3) is 3.99. The Kier molecular flexibility index (Phi) is 4.87. The smallest absolute Gasteiger partial charge is 0.170 e. The molecule has 112 valence electrons. The molecule has 1 heterocycles. The molecule has 0 aliphatic carbocycles. The monoisotopic (exact) mass is 308 g/mol. The summed E-state index contributed by atoms with van der Waals surface area (Å²) in [5.74, 6) is -0.534. The van der Waals surface area contributed by atoms with Gasteiger partial charge in [-0.15, -0.1) is 11.3 Å². The van der Waals surface area contributed by atoms with Crippen molar-refractivity contribution in [2.24, 2.45) is 10.9 Å². The van der Waals surface area contributed by atoms with Crippen molar-refractivity contribution < 1.29 is 9.60 Å². The van der Waals surface area contributed by atoms with Crippen LogP contribution < -0.4 is 11.1 Å². The van der Waals surface area contributed by atoms with Crippen LogP contribution in [0.5, 0.6) is 0 Å². The van der Waals surface area contributed by atoms with E-state index in [9.17, 15) is 4.39 Å². The topological polar surface area (TPSA) is 83.5 Å². The molecule has 21 heavy (non-hydrogen) atoms. The minimum Gasteiger partial charge on any atom is -0.409 e. The Bertz CT molecular complexity index is 656. The highest BCUT2D eigenvalue weighted by Gasteiger charge is 2.10. The zero-order valence-electron chi connectivity index (χ0n) is 11.8. The van der Waals surface area contributed by atoms with Gasteiger partial charge in [0.25, 0.3) is 0 Å². The van der Waals surface area contributed by atoms with Crippen LogP contribution in [0.3, 0.4) is 0 Å². The first-order chi connectivity index (χ1) is 9.99. The summed E-state index contributed by atoms with van der Waals surface area (Å²) >= 11 is 1.59. The van der Waals surface area contributed by atoms with E-state index in [1.165, 1.54) is 12.1 Å². The molecule has 5 nitrogen and oxygen atoms in total. The summed E-state index contributed by atoms with van der Waals surface area (Å²) in [4.78, 5) is 4.41. The van der Waals surface area contributed by atoms with E-state index in [4.69, 9.17) is 10.9 Å². The molecular formula is C14H17FN4OS. The molecule has 0 amide bonds. The molecule has 1 atom stereocenters. The Balaban J connectivity index is 2.08. The summed E-state index contributed by atoms with van der Waals surface area (Å²) in [5.41, 5.74) is 7.55. The lowest BCUT2D eigenvalue weighted by molar-refractivity contribution is 0.318. The number of halogens is 1. The van der Waals surface area contributed by atoms with Gasteiger partial charge in [-0.3, -0.25) is 0 Å². The van der Waals surface area contributed by atoms with Crippen molar-refractivity contribution in [3.8, 4) is 0 Å². The summed E-state index contributed by atoms with van der Waals surface area (Å²) in [6.07, 6.45) is 0. The third-order valence-electron chi connectivity index (χ3n) is 2.98. The number of benzene rings is 1. The molecule has 0 saturated carbocycles. The third-order valence-corrected chi connectivity index (χ3v) is 4.13. The number of aromatic nitrogens is 1. The van der Waals surface area contributed by atoms with Crippen LogP contribution >= 0.6 is 11.3 Å². The van der Waals surface area contributed by atoms with Crippen molar-refractivity contribution in [1.29, 1.82) is 0 Å². The normalized spacial score (nSPS) is 13.4. The van der Waals surface area contributed by atoms with Crippen LogP contribution in [0.15, 0.2) is 28.7 Å². The van der Waals surface area contributed by atoms with Crippen LogP contribution in [0, 0.1) is 12.7 Å². The van der Waals surface area contributed by atoms with Gasteiger partial charge in [-0.1, -0.05) is 5.16 Å². The molecule has 1 unspecified atom stereocenters. The minimum atomic E-state index is -0.423. The van der Waals surface area contributed by atoms with Crippen LogP contribution in [-0.2, 0) is 6.54 Å². The Morgan fingerprint density at radius 3 is 2.90 bits per heavy atom. The molecule has 0 aliphatic heterocycles. The van der Waals surface area contributed by atoms with Gasteiger partial charge in [0.15, 0.2) is 5.84 Å². The molecule has 7 heteroatoms. The first-order valence-corrected chi connectivity index (χ1v) is 7.30. The number of nitrogens with one attached hydrogen (secondary N) is 1. The van der Waals surface area contributed by atoms with Gasteiger partial charge in [-0.2, -0.15) is 0 Å². The lowest BCUT2D eigenvalue weighted by atomic mass is 10.1. The summed E-state index contributed by atoms with van der Waals surface area (Å²) < 4.78 is 13.5. The van der Waals surface area contributed by atoms with Crippen molar-refractivity contribution in [3.05, 3.63) is 51.2 Å². The zero-order chi connectivity index (χ0) is 15.4. The molecule has 0 radical (unpaired) electrons. The summed E-state index contributed by atoms with van der Waals surface area (Å²) in [6.45, 7) is 4.41. The summed E-state index contributed by atoms with van der Waals surface area (Å²) in [7, 11) is 0. The average Bonchev–Trinajstić information content (AvgIpc) is 2.90. The molecule has 4 N–H and O–H groups in total. The summed E-state index contributed by atoms with van der Waals surface area (Å²) in [6, 6.07) is 4.40.